The number of nitrogens with one attached hydrogen (secondary N) is 2. The van der Waals surface area contributed by atoms with E-state index in [0.717, 1.165) is 27.9 Å². The van der Waals surface area contributed by atoms with Gasteiger partial charge in [0, 0.05) is 22.2 Å². The average Bonchev–Trinajstić information content (AvgIpc) is 3.22. The zero-order chi connectivity index (χ0) is 17.9. The number of tetrazole rings is 1. The Bertz CT molecular complexity index is 1120. The number of carbonyl (C=O) groups is 1. The van der Waals surface area contributed by atoms with Gasteiger partial charge in [-0.1, -0.05) is 6.07 Å². The summed E-state index contributed by atoms with van der Waals surface area (Å²) in [7, 11) is 0. The number of hydrogen-bond acceptors (Lipinski definition) is 6. The minimum Gasteiger partial charge on any atom is -0.292 e. The molecule has 0 atom stereocenters. The summed E-state index contributed by atoms with van der Waals surface area (Å²) in [5.74, 6) is 0.0512. The van der Waals surface area contributed by atoms with Gasteiger partial charge in [0.25, 0.3) is 11.5 Å². The predicted octanol–water partition coefficient (Wildman–Crippen LogP) is 1.92. The molecule has 0 radical (unpaired) electrons. The molecule has 8 nitrogen and oxygen atoms in total. The Morgan fingerprint density at radius 2 is 1.92 bits per heavy atom. The predicted molar refractivity (Wildman–Crippen MR) is 96.6 cm³/mol. The SMILES string of the molecule is O=C(NSc1ccc(-c2nn[nH]n2)cc1)c1ccc2ccccn2c1=O. The summed E-state index contributed by atoms with van der Waals surface area (Å²) >= 11 is 1.13. The van der Waals surface area contributed by atoms with Crippen molar-refractivity contribution < 1.29 is 4.79 Å². The van der Waals surface area contributed by atoms with E-state index in [1.165, 1.54) is 10.5 Å². The molecule has 0 fully saturated rings. The van der Waals surface area contributed by atoms with Gasteiger partial charge < -0.3 is 0 Å². The lowest BCUT2D eigenvalue weighted by Crippen LogP contribution is -2.27. The molecule has 0 aliphatic heterocycles. The largest absolute Gasteiger partial charge is 0.292 e. The Hall–Kier alpha value is -3.46. The van der Waals surface area contributed by atoms with Crippen molar-refractivity contribution in [2.45, 2.75) is 4.90 Å². The number of H-pyrrole nitrogens is 1. The molecule has 0 aliphatic rings. The van der Waals surface area contributed by atoms with Gasteiger partial charge in [-0.15, -0.1) is 10.2 Å². The van der Waals surface area contributed by atoms with Crippen molar-refractivity contribution in [3.8, 4) is 11.4 Å². The number of hydrogen-bond donors (Lipinski definition) is 2. The van der Waals surface area contributed by atoms with E-state index in [1.54, 1.807) is 18.3 Å². The van der Waals surface area contributed by atoms with Gasteiger partial charge in [0.15, 0.2) is 0 Å². The lowest BCUT2D eigenvalue weighted by molar-refractivity contribution is 0.0983. The highest BCUT2D eigenvalue weighted by Crippen LogP contribution is 2.20. The number of rotatable bonds is 4. The summed E-state index contributed by atoms with van der Waals surface area (Å²) < 4.78 is 4.13. The second kappa shape index (κ2) is 6.81. The summed E-state index contributed by atoms with van der Waals surface area (Å²) in [5.41, 5.74) is 1.28. The van der Waals surface area contributed by atoms with E-state index in [-0.39, 0.29) is 11.1 Å². The third-order valence-electron chi connectivity index (χ3n) is 3.73. The van der Waals surface area contributed by atoms with Gasteiger partial charge in [0.2, 0.25) is 5.82 Å². The minimum absolute atomic E-state index is 0.0876. The molecule has 1 aromatic carbocycles. The molecule has 4 aromatic rings. The molecule has 2 N–H and O–H groups in total. The molecule has 128 valence electrons. The highest BCUT2D eigenvalue weighted by molar-refractivity contribution is 7.98. The van der Waals surface area contributed by atoms with Crippen LogP contribution in [0.2, 0.25) is 0 Å². The van der Waals surface area contributed by atoms with Crippen molar-refractivity contribution in [1.29, 1.82) is 0 Å². The van der Waals surface area contributed by atoms with Gasteiger partial charge in [-0.05, 0) is 65.7 Å². The smallest absolute Gasteiger partial charge is 0.267 e. The van der Waals surface area contributed by atoms with Gasteiger partial charge in [0.1, 0.15) is 5.56 Å². The molecule has 3 heterocycles. The lowest BCUT2D eigenvalue weighted by atomic mass is 10.2. The van der Waals surface area contributed by atoms with Crippen LogP contribution in [-0.4, -0.2) is 30.9 Å². The molecule has 3 aromatic heterocycles. The number of aromatic amines is 1. The topological polar surface area (TPSA) is 105 Å². The maximum Gasteiger partial charge on any atom is 0.267 e. The molecular weight excluding hydrogens is 352 g/mol. The van der Waals surface area contributed by atoms with Crippen molar-refractivity contribution >= 4 is 23.4 Å². The third-order valence-corrected chi connectivity index (χ3v) is 4.52. The Morgan fingerprint density at radius 1 is 1.08 bits per heavy atom. The Kier molecular flexibility index (Phi) is 4.20. The average molecular weight is 364 g/mol. The Labute approximate surface area is 151 Å². The number of amides is 1. The van der Waals surface area contributed by atoms with Crippen LogP contribution in [-0.2, 0) is 0 Å². The molecule has 0 unspecified atom stereocenters. The minimum atomic E-state index is -0.444. The first kappa shape index (κ1) is 16.0. The molecular formula is C17H12N6O2S. The molecule has 4 rings (SSSR count). The summed E-state index contributed by atoms with van der Waals surface area (Å²) in [4.78, 5) is 25.6. The summed E-state index contributed by atoms with van der Waals surface area (Å²) in [6, 6.07) is 16.0. The van der Waals surface area contributed by atoms with Crippen molar-refractivity contribution in [1.82, 2.24) is 29.7 Å². The highest BCUT2D eigenvalue weighted by atomic mass is 32.2. The van der Waals surface area contributed by atoms with Crippen molar-refractivity contribution in [3.63, 3.8) is 0 Å². The summed E-state index contributed by atoms with van der Waals surface area (Å²) in [6.07, 6.45) is 1.64. The molecule has 0 bridgehead atoms. The molecule has 0 saturated heterocycles. The number of nitrogens with zero attached hydrogens (tertiary/aromatic N) is 4. The number of aromatic nitrogens is 5. The van der Waals surface area contributed by atoms with Crippen molar-refractivity contribution in [3.05, 3.63) is 76.7 Å². The van der Waals surface area contributed by atoms with E-state index >= 15 is 0 Å². The first-order valence-corrected chi connectivity index (χ1v) is 8.45. The fraction of sp³-hybridized carbons (Fsp3) is 0. The third kappa shape index (κ3) is 3.07. The van der Waals surface area contributed by atoms with Crippen LogP contribution in [0, 0.1) is 0 Å². The van der Waals surface area contributed by atoms with E-state index in [9.17, 15) is 9.59 Å². The normalized spacial score (nSPS) is 10.8. The van der Waals surface area contributed by atoms with E-state index < -0.39 is 5.91 Å². The fourth-order valence-corrected chi connectivity index (χ4v) is 3.03. The van der Waals surface area contributed by atoms with Crippen LogP contribution < -0.4 is 10.3 Å². The van der Waals surface area contributed by atoms with Gasteiger partial charge in [-0.2, -0.15) is 5.21 Å². The van der Waals surface area contributed by atoms with Crippen LogP contribution in [0.4, 0.5) is 0 Å². The van der Waals surface area contributed by atoms with Gasteiger partial charge in [-0.3, -0.25) is 18.7 Å². The maximum absolute atomic E-state index is 12.4. The molecule has 0 spiro atoms. The number of carbonyl (C=O) groups excluding carboxylic acids is 1. The quantitative estimate of drug-likeness (QED) is 0.536. The van der Waals surface area contributed by atoms with E-state index in [0.29, 0.717) is 5.82 Å². The zero-order valence-electron chi connectivity index (χ0n) is 13.3. The van der Waals surface area contributed by atoms with Crippen LogP contribution in [0.5, 0.6) is 0 Å². The van der Waals surface area contributed by atoms with Gasteiger partial charge >= 0.3 is 0 Å². The van der Waals surface area contributed by atoms with Crippen molar-refractivity contribution in [2.24, 2.45) is 0 Å². The van der Waals surface area contributed by atoms with E-state index in [1.807, 2.05) is 36.4 Å². The first-order valence-electron chi connectivity index (χ1n) is 7.64. The fourth-order valence-electron chi connectivity index (χ4n) is 2.44. The highest BCUT2D eigenvalue weighted by Gasteiger charge is 2.12. The van der Waals surface area contributed by atoms with Crippen LogP contribution in [0.15, 0.2) is 70.5 Å². The molecule has 0 saturated carbocycles. The monoisotopic (exact) mass is 364 g/mol. The standard InChI is InChI=1S/C17H12N6O2S/c24-16(14-9-6-12-3-1-2-10-23(12)17(14)25)20-26-13-7-4-11(5-8-13)15-18-21-22-19-15/h1-10H,(H,20,24)(H,18,19,21,22). The van der Waals surface area contributed by atoms with Crippen molar-refractivity contribution in [2.75, 3.05) is 0 Å². The zero-order valence-corrected chi connectivity index (χ0v) is 14.1. The summed E-state index contributed by atoms with van der Waals surface area (Å²) in [5, 5.41) is 13.7. The lowest BCUT2D eigenvalue weighted by Gasteiger charge is -2.06. The molecule has 1 amide bonds. The molecule has 0 aliphatic carbocycles. The number of fused-ring (bicyclic) bond motifs is 1. The van der Waals surface area contributed by atoms with Crippen LogP contribution in [0.25, 0.3) is 16.9 Å². The Balaban J connectivity index is 1.49. The Morgan fingerprint density at radius 3 is 2.69 bits per heavy atom. The van der Waals surface area contributed by atoms with Crippen LogP contribution in [0.1, 0.15) is 10.4 Å². The van der Waals surface area contributed by atoms with Crippen LogP contribution >= 0.6 is 11.9 Å². The second-order valence-corrected chi connectivity index (χ2v) is 6.22. The summed E-state index contributed by atoms with van der Waals surface area (Å²) in [6.45, 7) is 0. The van der Waals surface area contributed by atoms with Gasteiger partial charge in [-0.25, -0.2) is 0 Å². The second-order valence-electron chi connectivity index (χ2n) is 5.34. The molecule has 26 heavy (non-hydrogen) atoms. The number of benzene rings is 1. The number of pyridine rings is 2. The van der Waals surface area contributed by atoms with Crippen LogP contribution in [0.3, 0.4) is 0 Å². The van der Waals surface area contributed by atoms with E-state index in [2.05, 4.69) is 25.3 Å². The van der Waals surface area contributed by atoms with E-state index in [4.69, 9.17) is 0 Å². The van der Waals surface area contributed by atoms with Gasteiger partial charge in [0.05, 0.1) is 0 Å². The first-order chi connectivity index (χ1) is 12.7. The maximum atomic E-state index is 12.4. The molecule has 9 heteroatoms.